The quantitative estimate of drug-likeness (QED) is 0.642. The largest absolute Gasteiger partial charge is 0.393 e. The van der Waals surface area contributed by atoms with E-state index in [0.717, 1.165) is 0 Å². The van der Waals surface area contributed by atoms with Crippen LogP contribution in [0, 0.1) is 5.92 Å². The van der Waals surface area contributed by atoms with Crippen LogP contribution in [-0.4, -0.2) is 53.9 Å². The second-order valence-electron chi connectivity index (χ2n) is 4.88. The molecule has 0 spiro atoms. The Morgan fingerprint density at radius 3 is 2.61 bits per heavy atom. The Bertz CT molecular complexity index is 284. The first-order valence-electron chi connectivity index (χ1n) is 6.21. The van der Waals surface area contributed by atoms with Crippen molar-refractivity contribution in [1.29, 1.82) is 0 Å². The molecule has 0 unspecified atom stereocenters. The first-order valence-corrected chi connectivity index (χ1v) is 6.21. The van der Waals surface area contributed by atoms with Crippen LogP contribution in [0.15, 0.2) is 0 Å². The molecule has 3 N–H and O–H groups in total. The third kappa shape index (κ3) is 3.65. The molecule has 1 fully saturated rings. The van der Waals surface area contributed by atoms with Gasteiger partial charge in [-0.2, -0.15) is 0 Å². The van der Waals surface area contributed by atoms with Gasteiger partial charge in [0, 0.05) is 13.5 Å². The van der Waals surface area contributed by atoms with E-state index in [1.165, 1.54) is 7.11 Å². The van der Waals surface area contributed by atoms with Gasteiger partial charge in [-0.1, -0.05) is 6.92 Å². The molecular weight excluding hydrogens is 238 g/mol. The summed E-state index contributed by atoms with van der Waals surface area (Å²) in [5, 5.41) is 22.1. The summed E-state index contributed by atoms with van der Waals surface area (Å²) in [6, 6.07) is -0.424. The molecule has 0 aromatic heterocycles. The lowest BCUT2D eigenvalue weighted by atomic mass is 9.97. The molecule has 106 valence electrons. The predicted molar refractivity (Wildman–Crippen MR) is 64.7 cm³/mol. The summed E-state index contributed by atoms with van der Waals surface area (Å²) in [7, 11) is 1.52. The number of rotatable bonds is 4. The lowest BCUT2D eigenvalue weighted by molar-refractivity contribution is -0.215. The van der Waals surface area contributed by atoms with E-state index in [9.17, 15) is 15.0 Å². The number of hydrogen-bond donors (Lipinski definition) is 3. The van der Waals surface area contributed by atoms with Crippen molar-refractivity contribution < 1.29 is 24.5 Å². The van der Waals surface area contributed by atoms with Crippen molar-refractivity contribution >= 4 is 5.91 Å². The van der Waals surface area contributed by atoms with E-state index in [2.05, 4.69) is 5.32 Å². The lowest BCUT2D eigenvalue weighted by Gasteiger charge is -2.38. The number of methoxy groups -OCH3 is 1. The number of amides is 1. The molecule has 0 bridgehead atoms. The molecule has 1 heterocycles. The molecule has 1 saturated heterocycles. The van der Waals surface area contributed by atoms with Gasteiger partial charge in [-0.25, -0.2) is 0 Å². The summed E-state index contributed by atoms with van der Waals surface area (Å²) in [6.45, 7) is 4.93. The number of hydrogen-bond acceptors (Lipinski definition) is 5. The molecular formula is C12H23NO5. The molecule has 18 heavy (non-hydrogen) atoms. The maximum absolute atomic E-state index is 11.8. The Morgan fingerprint density at radius 1 is 1.50 bits per heavy atom. The van der Waals surface area contributed by atoms with Gasteiger partial charge in [0.1, 0.15) is 6.10 Å². The Morgan fingerprint density at radius 2 is 2.11 bits per heavy atom. The molecule has 6 atom stereocenters. The van der Waals surface area contributed by atoms with Crippen molar-refractivity contribution in [3.05, 3.63) is 0 Å². The minimum atomic E-state index is -0.776. The van der Waals surface area contributed by atoms with Gasteiger partial charge in [-0.05, 0) is 13.8 Å². The van der Waals surface area contributed by atoms with E-state index in [1.54, 1.807) is 20.8 Å². The topological polar surface area (TPSA) is 88.0 Å². The van der Waals surface area contributed by atoms with Crippen LogP contribution in [0.5, 0.6) is 0 Å². The average molecular weight is 261 g/mol. The molecule has 1 aliphatic heterocycles. The predicted octanol–water partition coefficient (Wildman–Crippen LogP) is -0.370. The number of nitrogens with one attached hydrogen (secondary N) is 1. The molecule has 1 aliphatic rings. The molecule has 6 nitrogen and oxygen atoms in total. The highest BCUT2D eigenvalue weighted by Gasteiger charge is 2.37. The number of ether oxygens (including phenoxy) is 2. The van der Waals surface area contributed by atoms with E-state index >= 15 is 0 Å². The van der Waals surface area contributed by atoms with Crippen LogP contribution in [0.25, 0.3) is 0 Å². The van der Waals surface area contributed by atoms with Gasteiger partial charge < -0.3 is 25.0 Å². The van der Waals surface area contributed by atoms with E-state index in [-0.39, 0.29) is 5.91 Å². The fraction of sp³-hybridized carbons (Fsp3) is 0.917. The van der Waals surface area contributed by atoms with Crippen LogP contribution in [0.4, 0.5) is 0 Å². The SMILES string of the molecule is CO[C@@H]1C[C@H](NC(=O)[C@@H](C)[C@H](C)O)[C@H](O)[C@@H](C)O1. The third-order valence-electron chi connectivity index (χ3n) is 3.43. The van der Waals surface area contributed by atoms with E-state index < -0.39 is 36.6 Å². The zero-order valence-corrected chi connectivity index (χ0v) is 11.3. The monoisotopic (exact) mass is 261 g/mol. The van der Waals surface area contributed by atoms with Gasteiger partial charge in [0.2, 0.25) is 5.91 Å². The van der Waals surface area contributed by atoms with E-state index in [1.807, 2.05) is 0 Å². The molecule has 0 saturated carbocycles. The summed E-state index contributed by atoms with van der Waals surface area (Å²) in [6.07, 6.45) is -1.95. The molecule has 0 aromatic rings. The van der Waals surface area contributed by atoms with Crippen molar-refractivity contribution in [3.8, 4) is 0 Å². The van der Waals surface area contributed by atoms with Crippen LogP contribution in [0.1, 0.15) is 27.2 Å². The van der Waals surface area contributed by atoms with Crippen LogP contribution in [-0.2, 0) is 14.3 Å². The Balaban J connectivity index is 2.61. The smallest absolute Gasteiger partial charge is 0.225 e. The summed E-state index contributed by atoms with van der Waals surface area (Å²) < 4.78 is 10.5. The minimum Gasteiger partial charge on any atom is -0.393 e. The summed E-state index contributed by atoms with van der Waals surface area (Å²) >= 11 is 0. The van der Waals surface area contributed by atoms with E-state index in [0.29, 0.717) is 6.42 Å². The van der Waals surface area contributed by atoms with Crippen molar-refractivity contribution in [2.75, 3.05) is 7.11 Å². The van der Waals surface area contributed by atoms with Crippen molar-refractivity contribution in [1.82, 2.24) is 5.32 Å². The zero-order valence-electron chi connectivity index (χ0n) is 11.3. The van der Waals surface area contributed by atoms with Gasteiger partial charge in [0.25, 0.3) is 0 Å². The fourth-order valence-electron chi connectivity index (χ4n) is 1.88. The van der Waals surface area contributed by atoms with Gasteiger partial charge in [0.05, 0.1) is 24.2 Å². The normalized spacial score (nSPS) is 35.9. The standard InChI is InChI=1S/C12H23NO5/c1-6(7(2)14)12(16)13-9-5-10(17-4)18-8(3)11(9)15/h6-11,14-15H,5H2,1-4H3,(H,13,16)/t6-,7-,8+,9-,10-,11+/m0/s1. The van der Waals surface area contributed by atoms with E-state index in [4.69, 9.17) is 9.47 Å². The zero-order chi connectivity index (χ0) is 13.9. The first kappa shape index (κ1) is 15.4. The Labute approximate surface area is 107 Å². The van der Waals surface area contributed by atoms with Crippen LogP contribution >= 0.6 is 0 Å². The Kier molecular flexibility index (Phi) is 5.52. The lowest BCUT2D eigenvalue weighted by Crippen LogP contribution is -2.56. The molecule has 0 aliphatic carbocycles. The maximum atomic E-state index is 11.8. The fourth-order valence-corrected chi connectivity index (χ4v) is 1.88. The average Bonchev–Trinajstić information content (AvgIpc) is 2.33. The van der Waals surface area contributed by atoms with Gasteiger partial charge in [-0.3, -0.25) is 4.79 Å². The summed E-state index contributed by atoms with van der Waals surface area (Å²) in [5.41, 5.74) is 0. The van der Waals surface area contributed by atoms with Crippen molar-refractivity contribution in [2.45, 2.75) is 57.8 Å². The highest BCUT2D eigenvalue weighted by Crippen LogP contribution is 2.21. The second kappa shape index (κ2) is 6.47. The molecule has 0 aromatic carbocycles. The Hall–Kier alpha value is -0.690. The number of carbonyl (C=O) groups is 1. The minimum absolute atomic E-state index is 0.280. The van der Waals surface area contributed by atoms with Gasteiger partial charge in [-0.15, -0.1) is 0 Å². The molecule has 1 rings (SSSR count). The molecule has 6 heteroatoms. The number of aliphatic hydroxyl groups is 2. The van der Waals surface area contributed by atoms with Gasteiger partial charge in [0.15, 0.2) is 6.29 Å². The highest BCUT2D eigenvalue weighted by atomic mass is 16.7. The van der Waals surface area contributed by atoms with Crippen LogP contribution in [0.3, 0.4) is 0 Å². The van der Waals surface area contributed by atoms with Gasteiger partial charge >= 0.3 is 0 Å². The first-order chi connectivity index (χ1) is 8.36. The summed E-state index contributed by atoms with van der Waals surface area (Å²) in [5.74, 6) is -0.797. The third-order valence-corrected chi connectivity index (χ3v) is 3.43. The molecule has 1 amide bonds. The van der Waals surface area contributed by atoms with Crippen molar-refractivity contribution in [2.24, 2.45) is 5.92 Å². The van der Waals surface area contributed by atoms with Crippen molar-refractivity contribution in [3.63, 3.8) is 0 Å². The highest BCUT2D eigenvalue weighted by molar-refractivity contribution is 5.79. The number of carbonyl (C=O) groups excluding carboxylic acids is 1. The van der Waals surface area contributed by atoms with Crippen LogP contribution < -0.4 is 5.32 Å². The van der Waals surface area contributed by atoms with Crippen LogP contribution in [0.2, 0.25) is 0 Å². The maximum Gasteiger partial charge on any atom is 0.225 e. The summed E-state index contributed by atoms with van der Waals surface area (Å²) in [4.78, 5) is 11.8. The molecule has 0 radical (unpaired) electrons. The second-order valence-corrected chi connectivity index (χ2v) is 4.88. The number of aliphatic hydroxyl groups excluding tert-OH is 2.